The van der Waals surface area contributed by atoms with Crippen molar-refractivity contribution in [1.82, 2.24) is 0 Å². The van der Waals surface area contributed by atoms with Crippen molar-refractivity contribution in [2.24, 2.45) is 11.8 Å². The average molecular weight is 212 g/mol. The molecule has 4 unspecified atom stereocenters. The van der Waals surface area contributed by atoms with Crippen LogP contribution in [0, 0.1) is 11.8 Å². The maximum atomic E-state index is 6.10. The first-order chi connectivity index (χ1) is 7.84. The first-order valence-electron chi connectivity index (χ1n) is 6.29. The van der Waals surface area contributed by atoms with E-state index in [-0.39, 0.29) is 0 Å². The predicted octanol–water partition coefficient (Wildman–Crippen LogP) is 3.30. The highest BCUT2D eigenvalue weighted by Gasteiger charge is 2.45. The molecule has 0 N–H and O–H groups in total. The average Bonchev–Trinajstić information content (AvgIpc) is 2.67. The number of ether oxygens (including phenoxy) is 1. The highest BCUT2D eigenvalue weighted by Crippen LogP contribution is 2.53. The van der Waals surface area contributed by atoms with Gasteiger partial charge in [0.15, 0.2) is 0 Å². The Bertz CT molecular complexity index is 474. The Balaban J connectivity index is 1.96. The number of hydrogen-bond donors (Lipinski definition) is 0. The first kappa shape index (κ1) is 8.86. The van der Waals surface area contributed by atoms with Crippen LogP contribution in [0.2, 0.25) is 0 Å². The van der Waals surface area contributed by atoms with Crippen LogP contribution in [-0.4, -0.2) is 6.10 Å². The molecule has 1 heterocycles. The van der Waals surface area contributed by atoms with Gasteiger partial charge in [0, 0.05) is 17.9 Å². The molecular weight excluding hydrogens is 196 g/mol. The van der Waals surface area contributed by atoms with Crippen molar-refractivity contribution in [1.29, 1.82) is 0 Å². The Morgan fingerprint density at radius 2 is 2.25 bits per heavy atom. The third-order valence-electron chi connectivity index (χ3n) is 4.51. The molecule has 0 saturated carbocycles. The number of benzene rings is 1. The van der Waals surface area contributed by atoms with Crippen LogP contribution in [0.1, 0.15) is 30.4 Å². The standard InChI is InChI=1S/C15H16O/c1-9-8-10-4-2-6-12-14(10)15-11(9)5-3-7-13(15)16-12/h2-6,9,11,13,15H,7-8H2,1H3. The number of rotatable bonds is 0. The minimum Gasteiger partial charge on any atom is -0.489 e. The summed E-state index contributed by atoms with van der Waals surface area (Å²) in [6.07, 6.45) is 7.46. The molecule has 1 aromatic rings. The summed E-state index contributed by atoms with van der Waals surface area (Å²) in [5.74, 6) is 3.26. The Morgan fingerprint density at radius 1 is 1.31 bits per heavy atom. The SMILES string of the molecule is CC1Cc2cccc3c2C2C(CC=CC12)O3. The fraction of sp³-hybridized carbons (Fsp3) is 0.467. The van der Waals surface area contributed by atoms with Crippen molar-refractivity contribution in [3.05, 3.63) is 41.5 Å². The molecule has 0 amide bonds. The maximum Gasteiger partial charge on any atom is 0.123 e. The van der Waals surface area contributed by atoms with E-state index in [1.165, 1.54) is 17.5 Å². The smallest absolute Gasteiger partial charge is 0.123 e. The first-order valence-corrected chi connectivity index (χ1v) is 6.29. The van der Waals surface area contributed by atoms with Crippen LogP contribution in [-0.2, 0) is 6.42 Å². The molecular formula is C15H16O. The predicted molar refractivity (Wildman–Crippen MR) is 63.7 cm³/mol. The third kappa shape index (κ3) is 0.965. The largest absolute Gasteiger partial charge is 0.489 e. The van der Waals surface area contributed by atoms with Gasteiger partial charge >= 0.3 is 0 Å². The van der Waals surface area contributed by atoms with E-state index < -0.39 is 0 Å². The molecule has 1 heteroatoms. The van der Waals surface area contributed by atoms with Crippen molar-refractivity contribution in [3.8, 4) is 5.75 Å². The van der Waals surface area contributed by atoms with Crippen LogP contribution in [0.4, 0.5) is 0 Å². The molecule has 0 aromatic heterocycles. The zero-order chi connectivity index (χ0) is 10.7. The molecule has 1 aromatic carbocycles. The van der Waals surface area contributed by atoms with Crippen LogP contribution < -0.4 is 4.74 Å². The quantitative estimate of drug-likeness (QED) is 0.599. The van der Waals surface area contributed by atoms with Gasteiger partial charge in [-0.1, -0.05) is 31.2 Å². The summed E-state index contributed by atoms with van der Waals surface area (Å²) in [6.45, 7) is 2.38. The van der Waals surface area contributed by atoms with Gasteiger partial charge in [0.2, 0.25) is 0 Å². The lowest BCUT2D eigenvalue weighted by molar-refractivity contribution is 0.159. The van der Waals surface area contributed by atoms with Gasteiger partial charge in [-0.15, -0.1) is 0 Å². The zero-order valence-electron chi connectivity index (χ0n) is 9.52. The molecule has 82 valence electrons. The van der Waals surface area contributed by atoms with E-state index in [9.17, 15) is 0 Å². The monoisotopic (exact) mass is 212 g/mol. The van der Waals surface area contributed by atoms with Gasteiger partial charge in [0.1, 0.15) is 11.9 Å². The summed E-state index contributed by atoms with van der Waals surface area (Å²) in [4.78, 5) is 0. The van der Waals surface area contributed by atoms with E-state index >= 15 is 0 Å². The lowest BCUT2D eigenvalue weighted by atomic mass is 9.66. The van der Waals surface area contributed by atoms with Crippen LogP contribution in [0.15, 0.2) is 30.4 Å². The minimum absolute atomic E-state index is 0.411. The van der Waals surface area contributed by atoms with Crippen molar-refractivity contribution >= 4 is 0 Å². The number of hydrogen-bond acceptors (Lipinski definition) is 1. The molecule has 1 aliphatic heterocycles. The highest BCUT2D eigenvalue weighted by molar-refractivity contribution is 5.50. The van der Waals surface area contributed by atoms with E-state index in [1.807, 2.05) is 0 Å². The van der Waals surface area contributed by atoms with Gasteiger partial charge < -0.3 is 4.74 Å². The molecule has 3 aliphatic rings. The van der Waals surface area contributed by atoms with Crippen LogP contribution in [0.5, 0.6) is 5.75 Å². The molecule has 0 fully saturated rings. The fourth-order valence-corrected chi connectivity index (χ4v) is 3.82. The summed E-state index contributed by atoms with van der Waals surface area (Å²) in [5, 5.41) is 0. The summed E-state index contributed by atoms with van der Waals surface area (Å²) in [7, 11) is 0. The molecule has 16 heavy (non-hydrogen) atoms. The normalized spacial score (nSPS) is 38.1. The van der Waals surface area contributed by atoms with Gasteiger partial charge in [0.05, 0.1) is 0 Å². The summed E-state index contributed by atoms with van der Waals surface area (Å²) >= 11 is 0. The molecule has 1 nitrogen and oxygen atoms in total. The summed E-state index contributed by atoms with van der Waals surface area (Å²) in [5.41, 5.74) is 3.06. The molecule has 4 atom stereocenters. The lowest BCUT2D eigenvalue weighted by Crippen LogP contribution is -2.34. The zero-order valence-corrected chi connectivity index (χ0v) is 9.52. The fourth-order valence-electron chi connectivity index (χ4n) is 3.82. The summed E-state index contributed by atoms with van der Waals surface area (Å²) in [6, 6.07) is 6.58. The van der Waals surface area contributed by atoms with Crippen molar-refractivity contribution < 1.29 is 4.74 Å². The van der Waals surface area contributed by atoms with E-state index in [0.29, 0.717) is 17.9 Å². The lowest BCUT2D eigenvalue weighted by Gasteiger charge is -2.37. The van der Waals surface area contributed by atoms with Gasteiger partial charge in [-0.3, -0.25) is 0 Å². The van der Waals surface area contributed by atoms with Gasteiger partial charge in [-0.25, -0.2) is 0 Å². The van der Waals surface area contributed by atoms with Crippen molar-refractivity contribution in [2.75, 3.05) is 0 Å². The Labute approximate surface area is 96.1 Å². The van der Waals surface area contributed by atoms with Gasteiger partial charge in [0.25, 0.3) is 0 Å². The maximum absolute atomic E-state index is 6.10. The number of allylic oxidation sites excluding steroid dienone is 1. The van der Waals surface area contributed by atoms with Crippen molar-refractivity contribution in [3.63, 3.8) is 0 Å². The Kier molecular flexibility index (Phi) is 1.61. The van der Waals surface area contributed by atoms with E-state index in [0.717, 1.165) is 18.1 Å². The van der Waals surface area contributed by atoms with E-state index in [4.69, 9.17) is 4.74 Å². The van der Waals surface area contributed by atoms with E-state index in [1.54, 1.807) is 0 Å². The van der Waals surface area contributed by atoms with Gasteiger partial charge in [-0.05, 0) is 29.9 Å². The molecule has 0 bridgehead atoms. The molecule has 2 aliphatic carbocycles. The third-order valence-corrected chi connectivity index (χ3v) is 4.51. The second-order valence-electron chi connectivity index (χ2n) is 5.43. The van der Waals surface area contributed by atoms with Crippen LogP contribution in [0.3, 0.4) is 0 Å². The van der Waals surface area contributed by atoms with Crippen molar-refractivity contribution in [2.45, 2.75) is 31.8 Å². The Morgan fingerprint density at radius 3 is 3.19 bits per heavy atom. The topological polar surface area (TPSA) is 9.23 Å². The van der Waals surface area contributed by atoms with Crippen LogP contribution in [0.25, 0.3) is 0 Å². The van der Waals surface area contributed by atoms with E-state index in [2.05, 4.69) is 37.3 Å². The minimum atomic E-state index is 0.411. The summed E-state index contributed by atoms with van der Waals surface area (Å²) < 4.78 is 6.10. The van der Waals surface area contributed by atoms with Crippen LogP contribution >= 0.6 is 0 Å². The molecule has 0 saturated heterocycles. The Hall–Kier alpha value is -1.24. The molecule has 0 spiro atoms. The second-order valence-corrected chi connectivity index (χ2v) is 5.43. The second kappa shape index (κ2) is 2.91. The molecule has 4 rings (SSSR count). The van der Waals surface area contributed by atoms with Gasteiger partial charge in [-0.2, -0.15) is 0 Å². The molecule has 0 radical (unpaired) electrons. The highest BCUT2D eigenvalue weighted by atomic mass is 16.5.